The quantitative estimate of drug-likeness (QED) is 0.508. The fourth-order valence-corrected chi connectivity index (χ4v) is 5.33. The van der Waals surface area contributed by atoms with Crippen molar-refractivity contribution in [2.45, 2.75) is 44.7 Å². The minimum absolute atomic E-state index is 0.0326. The molecule has 1 aromatic carbocycles. The van der Waals surface area contributed by atoms with Crippen LogP contribution in [0.3, 0.4) is 0 Å². The first-order valence-electron chi connectivity index (χ1n) is 12.1. The summed E-state index contributed by atoms with van der Waals surface area (Å²) in [5, 5.41) is 5.89. The number of carbonyl (C=O) groups excluding carboxylic acids is 1. The number of aromatic nitrogens is 4. The lowest BCUT2D eigenvalue weighted by atomic mass is 9.98. The molecule has 2 saturated heterocycles. The van der Waals surface area contributed by atoms with Gasteiger partial charge in [-0.1, -0.05) is 12.1 Å². The second kappa shape index (κ2) is 8.36. The zero-order valence-electron chi connectivity index (χ0n) is 19.4. The van der Waals surface area contributed by atoms with E-state index in [2.05, 4.69) is 16.8 Å². The third-order valence-corrected chi connectivity index (χ3v) is 7.11. The molecule has 1 amide bonds. The predicted molar refractivity (Wildman–Crippen MR) is 132 cm³/mol. The van der Waals surface area contributed by atoms with E-state index in [0.717, 1.165) is 78.9 Å². The molecule has 3 aromatic heterocycles. The van der Waals surface area contributed by atoms with Crippen LogP contribution in [0.2, 0.25) is 0 Å². The van der Waals surface area contributed by atoms with Gasteiger partial charge < -0.3 is 15.5 Å². The van der Waals surface area contributed by atoms with Gasteiger partial charge in [-0.2, -0.15) is 5.10 Å². The molecule has 2 fully saturated rings. The van der Waals surface area contributed by atoms with Gasteiger partial charge in [0.15, 0.2) is 5.65 Å². The number of likely N-dealkylation sites (tertiary alicyclic amines) is 1. The molecule has 174 valence electrons. The Hall–Kier alpha value is -3.52. The van der Waals surface area contributed by atoms with Crippen LogP contribution in [0, 0.1) is 6.92 Å². The highest BCUT2D eigenvalue weighted by molar-refractivity contribution is 5.98. The van der Waals surface area contributed by atoms with Gasteiger partial charge in [0.05, 0.1) is 17.3 Å². The van der Waals surface area contributed by atoms with E-state index in [1.807, 2.05) is 52.0 Å². The Morgan fingerprint density at radius 1 is 1.12 bits per heavy atom. The van der Waals surface area contributed by atoms with Gasteiger partial charge in [-0.3, -0.25) is 9.78 Å². The number of fused-ring (bicyclic) bond motifs is 2. The summed E-state index contributed by atoms with van der Waals surface area (Å²) in [6, 6.07) is 11.9. The van der Waals surface area contributed by atoms with Crippen molar-refractivity contribution >= 4 is 28.3 Å². The van der Waals surface area contributed by atoms with Crippen molar-refractivity contribution in [1.82, 2.24) is 24.5 Å². The molecular formula is C26H29N7O. The van der Waals surface area contributed by atoms with Gasteiger partial charge in [0, 0.05) is 60.6 Å². The fourth-order valence-electron chi connectivity index (χ4n) is 5.33. The Bertz CT molecular complexity index is 1380. The Kier molecular flexibility index (Phi) is 5.17. The monoisotopic (exact) mass is 455 g/mol. The number of piperidine rings is 1. The van der Waals surface area contributed by atoms with Crippen LogP contribution in [-0.4, -0.2) is 56.1 Å². The molecule has 0 unspecified atom stereocenters. The highest BCUT2D eigenvalue weighted by atomic mass is 16.2. The molecule has 0 aliphatic carbocycles. The summed E-state index contributed by atoms with van der Waals surface area (Å²) >= 11 is 0. The van der Waals surface area contributed by atoms with Crippen molar-refractivity contribution in [1.29, 1.82) is 0 Å². The molecule has 8 heteroatoms. The molecule has 8 nitrogen and oxygen atoms in total. The van der Waals surface area contributed by atoms with Gasteiger partial charge in [-0.05, 0) is 50.8 Å². The maximum absolute atomic E-state index is 13.6. The van der Waals surface area contributed by atoms with Crippen molar-refractivity contribution in [3.63, 3.8) is 0 Å². The van der Waals surface area contributed by atoms with Crippen LogP contribution in [0.4, 0.5) is 5.82 Å². The van der Waals surface area contributed by atoms with Crippen molar-refractivity contribution < 1.29 is 4.79 Å². The van der Waals surface area contributed by atoms with Gasteiger partial charge in [-0.15, -0.1) is 0 Å². The average Bonchev–Trinajstić information content (AvgIpc) is 3.48. The molecule has 0 saturated carbocycles. The van der Waals surface area contributed by atoms with E-state index in [0.29, 0.717) is 5.56 Å². The summed E-state index contributed by atoms with van der Waals surface area (Å²) in [5.41, 5.74) is 10.4. The number of aryl methyl sites for hydroxylation is 1. The van der Waals surface area contributed by atoms with Crippen molar-refractivity contribution in [3.05, 3.63) is 65.6 Å². The summed E-state index contributed by atoms with van der Waals surface area (Å²) in [5.74, 6) is 1.01. The lowest BCUT2D eigenvalue weighted by molar-refractivity contribution is 0.0606. The first-order chi connectivity index (χ1) is 16.6. The number of hydrogen-bond donors (Lipinski definition) is 1. The zero-order valence-corrected chi connectivity index (χ0v) is 19.4. The van der Waals surface area contributed by atoms with Gasteiger partial charge >= 0.3 is 0 Å². The van der Waals surface area contributed by atoms with Crippen molar-refractivity contribution in [2.24, 2.45) is 5.73 Å². The number of amides is 1. The third kappa shape index (κ3) is 3.68. The lowest BCUT2D eigenvalue weighted by Gasteiger charge is -2.34. The normalized spacial score (nSPS) is 21.0. The van der Waals surface area contributed by atoms with Crippen LogP contribution in [0.25, 0.3) is 16.6 Å². The summed E-state index contributed by atoms with van der Waals surface area (Å²) in [7, 11) is 0. The van der Waals surface area contributed by atoms with Crippen LogP contribution >= 0.6 is 0 Å². The number of nitrogens with two attached hydrogens (primary N) is 1. The van der Waals surface area contributed by atoms with Gasteiger partial charge in [0.1, 0.15) is 5.82 Å². The number of carbonyl (C=O) groups is 1. The van der Waals surface area contributed by atoms with E-state index in [9.17, 15) is 4.79 Å². The van der Waals surface area contributed by atoms with Crippen LogP contribution < -0.4 is 10.6 Å². The molecule has 6 rings (SSSR count). The first-order valence-corrected chi connectivity index (χ1v) is 12.1. The molecule has 2 N–H and O–H groups in total. The van der Waals surface area contributed by atoms with Crippen molar-refractivity contribution in [2.75, 3.05) is 24.5 Å². The largest absolute Gasteiger partial charge is 0.355 e. The van der Waals surface area contributed by atoms with Gasteiger partial charge in [-0.25, -0.2) is 9.50 Å². The lowest BCUT2D eigenvalue weighted by Crippen LogP contribution is -2.38. The summed E-state index contributed by atoms with van der Waals surface area (Å²) in [6.07, 6.45) is 7.75. The molecular weight excluding hydrogens is 426 g/mol. The Labute approximate surface area is 198 Å². The summed E-state index contributed by atoms with van der Waals surface area (Å²) in [6.45, 7) is 4.55. The van der Waals surface area contributed by atoms with Crippen LogP contribution in [-0.2, 0) is 0 Å². The second-order valence-corrected chi connectivity index (χ2v) is 9.54. The smallest absolute Gasteiger partial charge is 0.254 e. The van der Waals surface area contributed by atoms with Crippen molar-refractivity contribution in [3.8, 4) is 0 Å². The number of pyridine rings is 1. The van der Waals surface area contributed by atoms with E-state index in [1.54, 1.807) is 6.20 Å². The maximum atomic E-state index is 13.6. The van der Waals surface area contributed by atoms with Crippen LogP contribution in [0.5, 0.6) is 0 Å². The van der Waals surface area contributed by atoms with Gasteiger partial charge in [0.25, 0.3) is 5.91 Å². The highest BCUT2D eigenvalue weighted by Gasteiger charge is 2.31. The standard InChI is InChI=1S/C26H29N7O/c1-17-15-33-24(29-25(17)31-12-9-20(27)16-31)14-22(30-33)23-6-2-3-11-32(23)26(34)19-8-7-18-5-4-10-28-21(18)13-19/h4-5,7-8,10,13-15,20,23H,2-3,6,9,11-12,16,27H2,1H3/t20-,23-/m0/s1. The maximum Gasteiger partial charge on any atom is 0.254 e. The van der Waals surface area contributed by atoms with Crippen LogP contribution in [0.1, 0.15) is 53.3 Å². The Morgan fingerprint density at radius 3 is 2.88 bits per heavy atom. The molecule has 0 bridgehead atoms. The van der Waals surface area contributed by atoms with E-state index >= 15 is 0 Å². The summed E-state index contributed by atoms with van der Waals surface area (Å²) in [4.78, 5) is 27.2. The number of anilines is 1. The minimum atomic E-state index is -0.0636. The third-order valence-electron chi connectivity index (χ3n) is 7.11. The number of hydrogen-bond acceptors (Lipinski definition) is 6. The predicted octanol–water partition coefficient (Wildman–Crippen LogP) is 3.49. The molecule has 4 aromatic rings. The van der Waals surface area contributed by atoms with E-state index in [-0.39, 0.29) is 18.0 Å². The molecule has 0 spiro atoms. The topological polar surface area (TPSA) is 92.6 Å². The molecule has 2 aliphatic heterocycles. The molecule has 2 aliphatic rings. The second-order valence-electron chi connectivity index (χ2n) is 9.54. The molecule has 0 radical (unpaired) electrons. The highest BCUT2D eigenvalue weighted by Crippen LogP contribution is 2.33. The Morgan fingerprint density at radius 2 is 2.03 bits per heavy atom. The van der Waals surface area contributed by atoms with Gasteiger partial charge in [0.2, 0.25) is 0 Å². The van der Waals surface area contributed by atoms with E-state index in [1.165, 1.54) is 0 Å². The Balaban J connectivity index is 1.33. The number of benzene rings is 1. The minimum Gasteiger partial charge on any atom is -0.355 e. The van der Waals surface area contributed by atoms with Crippen LogP contribution in [0.15, 0.2) is 48.8 Å². The molecule has 34 heavy (non-hydrogen) atoms. The molecule has 2 atom stereocenters. The number of rotatable bonds is 3. The molecule has 5 heterocycles. The fraction of sp³-hybridized carbons (Fsp3) is 0.385. The summed E-state index contributed by atoms with van der Waals surface area (Å²) < 4.78 is 1.85. The van der Waals surface area contributed by atoms with E-state index in [4.69, 9.17) is 15.8 Å². The number of nitrogens with zero attached hydrogens (tertiary/aromatic N) is 6. The SMILES string of the molecule is Cc1cn2nc([C@@H]3CCCCN3C(=O)c3ccc4cccnc4c3)cc2nc1N1CC[C@H](N)C1. The van der Waals surface area contributed by atoms with E-state index < -0.39 is 0 Å². The average molecular weight is 456 g/mol. The first kappa shape index (κ1) is 21.0. The zero-order chi connectivity index (χ0) is 23.2.